The molecule has 1 unspecified atom stereocenters. The third-order valence-electron chi connectivity index (χ3n) is 3.64. The number of ether oxygens (including phenoxy) is 1. The van der Waals surface area contributed by atoms with Gasteiger partial charge in [0.25, 0.3) is 0 Å². The third-order valence-corrected chi connectivity index (χ3v) is 4.15. The highest BCUT2D eigenvalue weighted by Gasteiger charge is 2.12. The van der Waals surface area contributed by atoms with Crippen LogP contribution in [0.1, 0.15) is 0 Å². The maximum atomic E-state index is 11.0. The van der Waals surface area contributed by atoms with Crippen molar-refractivity contribution in [1.82, 2.24) is 26.2 Å². The van der Waals surface area contributed by atoms with Gasteiger partial charge in [0, 0.05) is 65.4 Å². The second-order valence-corrected chi connectivity index (χ2v) is 6.32. The minimum Gasteiger partial charge on any atom is -0.389 e. The molecule has 0 aromatic rings. The molecule has 142 valence electrons. The topological polar surface area (TPSA) is 97.9 Å². The number of nitrogens with zero attached hydrogens (tertiary/aromatic N) is 1. The predicted octanol–water partition coefficient (Wildman–Crippen LogP) is -2.04. The van der Waals surface area contributed by atoms with E-state index >= 15 is 0 Å². The van der Waals surface area contributed by atoms with Crippen LogP contribution in [0.5, 0.6) is 0 Å². The lowest BCUT2D eigenvalue weighted by Crippen LogP contribution is -2.44. The molecule has 24 heavy (non-hydrogen) atoms. The van der Waals surface area contributed by atoms with Crippen LogP contribution < -0.4 is 21.3 Å². The smallest absolute Gasteiger partial charge is 0.230 e. The molecule has 0 bridgehead atoms. The van der Waals surface area contributed by atoms with Crippen LogP contribution in [0.25, 0.3) is 0 Å². The molecule has 1 aliphatic rings. The van der Waals surface area contributed by atoms with Gasteiger partial charge in [-0.1, -0.05) is 15.9 Å². The van der Waals surface area contributed by atoms with E-state index in [1.54, 1.807) is 0 Å². The first-order chi connectivity index (χ1) is 11.7. The number of carbonyl (C=O) groups excluding carboxylic acids is 1. The number of aliphatic hydroxyl groups is 1. The van der Waals surface area contributed by atoms with Crippen LogP contribution >= 0.6 is 15.9 Å². The summed E-state index contributed by atoms with van der Waals surface area (Å²) in [5.41, 5.74) is 0. The highest BCUT2D eigenvalue weighted by molar-refractivity contribution is 9.09. The van der Waals surface area contributed by atoms with E-state index in [2.05, 4.69) is 42.1 Å². The number of nitrogens with one attached hydrogen (secondary N) is 4. The van der Waals surface area contributed by atoms with Crippen molar-refractivity contribution < 1.29 is 14.6 Å². The maximum absolute atomic E-state index is 11.0. The zero-order chi connectivity index (χ0) is 17.5. The highest BCUT2D eigenvalue weighted by Crippen LogP contribution is 1.94. The van der Waals surface area contributed by atoms with Crippen molar-refractivity contribution in [1.29, 1.82) is 0 Å². The Hall–Kier alpha value is -0.290. The molecule has 1 fully saturated rings. The molecule has 0 radical (unpaired) electrons. The summed E-state index contributed by atoms with van der Waals surface area (Å²) in [7, 11) is 0. The Kier molecular flexibility index (Phi) is 13.6. The molecule has 8 nitrogen and oxygen atoms in total. The quantitative estimate of drug-likeness (QED) is 0.232. The van der Waals surface area contributed by atoms with Crippen LogP contribution in [0.2, 0.25) is 0 Å². The summed E-state index contributed by atoms with van der Waals surface area (Å²) in [6.07, 6.45) is -0.522. The normalized spacial score (nSPS) is 19.9. The standard InChI is InChI=1S/C15H32BrN5O3/c16-11-15(23)20-7-10-24-13-14(22)12-21-8-5-18-3-1-17-2-4-19-6-9-21/h14,17-19,22H,1-13H2,(H,20,23). The van der Waals surface area contributed by atoms with Gasteiger partial charge in [0.05, 0.1) is 24.6 Å². The summed E-state index contributed by atoms with van der Waals surface area (Å²) in [6.45, 7) is 9.24. The van der Waals surface area contributed by atoms with Crippen molar-refractivity contribution in [3.05, 3.63) is 0 Å². The fraction of sp³-hybridized carbons (Fsp3) is 0.933. The molecule has 1 atom stereocenters. The monoisotopic (exact) mass is 409 g/mol. The average Bonchev–Trinajstić information content (AvgIpc) is 2.56. The molecule has 1 saturated heterocycles. The number of aliphatic hydroxyl groups excluding tert-OH is 1. The Morgan fingerprint density at radius 2 is 1.71 bits per heavy atom. The van der Waals surface area contributed by atoms with Crippen molar-refractivity contribution in [3.63, 3.8) is 0 Å². The molecule has 1 amide bonds. The average molecular weight is 410 g/mol. The first-order valence-electron chi connectivity index (χ1n) is 8.65. The Labute approximate surface area is 153 Å². The molecule has 1 aliphatic heterocycles. The molecule has 1 heterocycles. The summed E-state index contributed by atoms with van der Waals surface area (Å²) in [5.74, 6) is -0.0614. The Bertz CT molecular complexity index is 313. The molecular weight excluding hydrogens is 378 g/mol. The number of alkyl halides is 1. The lowest BCUT2D eigenvalue weighted by atomic mass is 10.3. The van der Waals surface area contributed by atoms with Crippen molar-refractivity contribution in [2.45, 2.75) is 6.10 Å². The third kappa shape index (κ3) is 12.1. The second-order valence-electron chi connectivity index (χ2n) is 5.76. The number of rotatable bonds is 8. The lowest BCUT2D eigenvalue weighted by Gasteiger charge is -2.26. The summed E-state index contributed by atoms with van der Waals surface area (Å²) in [5, 5.41) is 23.3. The van der Waals surface area contributed by atoms with E-state index in [0.29, 0.717) is 25.0 Å². The number of halogens is 1. The molecule has 0 aliphatic carbocycles. The summed E-state index contributed by atoms with van der Waals surface area (Å²) in [4.78, 5) is 13.3. The number of carbonyl (C=O) groups is 1. The highest BCUT2D eigenvalue weighted by atomic mass is 79.9. The van der Waals surface area contributed by atoms with Crippen LogP contribution in [-0.2, 0) is 9.53 Å². The number of hydrogen-bond acceptors (Lipinski definition) is 7. The largest absolute Gasteiger partial charge is 0.389 e. The fourth-order valence-electron chi connectivity index (χ4n) is 2.38. The number of β-amino-alcohol motifs (C(OH)–C–C–N with tert-alkyl or cyclic N) is 1. The van der Waals surface area contributed by atoms with E-state index in [9.17, 15) is 9.90 Å². The molecule has 1 rings (SSSR count). The second kappa shape index (κ2) is 15.0. The fourth-order valence-corrected chi connectivity index (χ4v) is 2.58. The molecule has 0 aromatic carbocycles. The molecular formula is C15H32BrN5O3. The molecule has 0 saturated carbocycles. The van der Waals surface area contributed by atoms with Crippen molar-refractivity contribution in [2.24, 2.45) is 0 Å². The zero-order valence-corrected chi connectivity index (χ0v) is 15.9. The van der Waals surface area contributed by atoms with Gasteiger partial charge in [-0.2, -0.15) is 0 Å². The zero-order valence-electron chi connectivity index (χ0n) is 14.4. The summed E-state index contributed by atoms with van der Waals surface area (Å²) < 4.78 is 5.42. The van der Waals surface area contributed by atoms with Crippen LogP contribution in [-0.4, -0.2) is 106 Å². The molecule has 5 N–H and O–H groups in total. The van der Waals surface area contributed by atoms with E-state index in [-0.39, 0.29) is 12.5 Å². The van der Waals surface area contributed by atoms with Crippen LogP contribution in [0.3, 0.4) is 0 Å². The van der Waals surface area contributed by atoms with E-state index in [1.807, 2.05) is 0 Å². The van der Waals surface area contributed by atoms with Gasteiger partial charge in [0.1, 0.15) is 0 Å². The van der Waals surface area contributed by atoms with E-state index in [0.717, 1.165) is 52.4 Å². The van der Waals surface area contributed by atoms with Gasteiger partial charge in [-0.3, -0.25) is 9.69 Å². The first-order valence-corrected chi connectivity index (χ1v) is 9.77. The molecule has 9 heteroatoms. The van der Waals surface area contributed by atoms with Gasteiger partial charge in [0.15, 0.2) is 0 Å². The maximum Gasteiger partial charge on any atom is 0.230 e. The van der Waals surface area contributed by atoms with Gasteiger partial charge >= 0.3 is 0 Å². The lowest BCUT2D eigenvalue weighted by molar-refractivity contribution is -0.118. The van der Waals surface area contributed by atoms with Crippen molar-refractivity contribution >= 4 is 21.8 Å². The van der Waals surface area contributed by atoms with Gasteiger partial charge in [-0.15, -0.1) is 0 Å². The van der Waals surface area contributed by atoms with E-state index in [4.69, 9.17) is 4.74 Å². The van der Waals surface area contributed by atoms with Crippen LogP contribution in [0.15, 0.2) is 0 Å². The van der Waals surface area contributed by atoms with Gasteiger partial charge < -0.3 is 31.1 Å². The minimum atomic E-state index is -0.522. The number of amides is 1. The molecule has 0 aromatic heterocycles. The Balaban J connectivity index is 2.15. The van der Waals surface area contributed by atoms with E-state index < -0.39 is 6.10 Å². The van der Waals surface area contributed by atoms with Crippen LogP contribution in [0, 0.1) is 0 Å². The Morgan fingerprint density at radius 3 is 2.29 bits per heavy atom. The van der Waals surface area contributed by atoms with E-state index in [1.165, 1.54) is 0 Å². The van der Waals surface area contributed by atoms with Crippen molar-refractivity contribution in [3.8, 4) is 0 Å². The van der Waals surface area contributed by atoms with Gasteiger partial charge in [-0.25, -0.2) is 0 Å². The molecule has 0 spiro atoms. The first kappa shape index (κ1) is 21.8. The summed E-state index contributed by atoms with van der Waals surface area (Å²) >= 11 is 3.08. The predicted molar refractivity (Wildman–Crippen MR) is 98.7 cm³/mol. The van der Waals surface area contributed by atoms with Gasteiger partial charge in [0.2, 0.25) is 5.91 Å². The SMILES string of the molecule is O=C(CBr)NCCOCC(O)CN1CCNCCNCCNCC1. The number of hydrogen-bond donors (Lipinski definition) is 5. The van der Waals surface area contributed by atoms with Gasteiger partial charge in [-0.05, 0) is 0 Å². The minimum absolute atomic E-state index is 0.0614. The van der Waals surface area contributed by atoms with Crippen molar-refractivity contribution in [2.75, 3.05) is 84.0 Å². The summed E-state index contributed by atoms with van der Waals surface area (Å²) in [6, 6.07) is 0. The Morgan fingerprint density at radius 1 is 1.12 bits per heavy atom. The van der Waals surface area contributed by atoms with Crippen LogP contribution in [0.4, 0.5) is 0 Å².